The van der Waals surface area contributed by atoms with Crippen molar-refractivity contribution in [1.82, 2.24) is 10.2 Å². The zero-order valence-electron chi connectivity index (χ0n) is 19.9. The smallest absolute Gasteiger partial charge is 0.244 e. The fourth-order valence-electron chi connectivity index (χ4n) is 3.28. The van der Waals surface area contributed by atoms with Crippen LogP contribution in [0.3, 0.4) is 0 Å². The molecule has 186 valence electrons. The van der Waals surface area contributed by atoms with Crippen molar-refractivity contribution in [3.63, 3.8) is 0 Å². The number of anilines is 1. The van der Waals surface area contributed by atoms with E-state index in [1.165, 1.54) is 55.5 Å². The van der Waals surface area contributed by atoms with Crippen molar-refractivity contribution < 1.29 is 31.9 Å². The Kier molecular flexibility index (Phi) is 9.25. The number of benzene rings is 2. The van der Waals surface area contributed by atoms with E-state index in [4.69, 9.17) is 9.47 Å². The van der Waals surface area contributed by atoms with Gasteiger partial charge in [-0.05, 0) is 43.7 Å². The van der Waals surface area contributed by atoms with E-state index in [1.54, 1.807) is 19.9 Å². The predicted octanol–water partition coefficient (Wildman–Crippen LogP) is 2.16. The molecule has 0 aromatic heterocycles. The molecule has 0 saturated carbocycles. The minimum Gasteiger partial charge on any atom is -0.497 e. The highest BCUT2D eigenvalue weighted by atomic mass is 32.2. The lowest BCUT2D eigenvalue weighted by atomic mass is 10.1. The van der Waals surface area contributed by atoms with Crippen LogP contribution >= 0.6 is 0 Å². The highest BCUT2D eigenvalue weighted by molar-refractivity contribution is 7.92. The van der Waals surface area contributed by atoms with Crippen molar-refractivity contribution in [2.75, 3.05) is 37.9 Å². The normalized spacial score (nSPS) is 11.9. The number of ether oxygens (including phenoxy) is 2. The van der Waals surface area contributed by atoms with E-state index in [1.807, 2.05) is 0 Å². The van der Waals surface area contributed by atoms with Crippen LogP contribution in [0, 0.1) is 5.82 Å². The average Bonchev–Trinajstić information content (AvgIpc) is 2.80. The van der Waals surface area contributed by atoms with Gasteiger partial charge in [0.25, 0.3) is 0 Å². The molecule has 0 aliphatic rings. The van der Waals surface area contributed by atoms with Gasteiger partial charge in [0.1, 0.15) is 29.9 Å². The Balaban J connectivity index is 2.47. The molecule has 0 fully saturated rings. The molecule has 11 heteroatoms. The van der Waals surface area contributed by atoms with Crippen LogP contribution in [0.1, 0.15) is 19.4 Å². The number of nitrogens with one attached hydrogen (secondary N) is 1. The molecule has 9 nitrogen and oxygen atoms in total. The Labute approximate surface area is 199 Å². The molecule has 2 aromatic rings. The summed E-state index contributed by atoms with van der Waals surface area (Å²) in [5, 5.41) is 2.66. The largest absolute Gasteiger partial charge is 0.497 e. The maximum Gasteiger partial charge on any atom is 0.244 e. The number of carbonyl (C=O) groups is 2. The Hall–Kier alpha value is -3.34. The Morgan fingerprint density at radius 3 is 2.26 bits per heavy atom. The number of hydrogen-bond acceptors (Lipinski definition) is 6. The monoisotopic (exact) mass is 495 g/mol. The van der Waals surface area contributed by atoms with Crippen molar-refractivity contribution in [3.05, 3.63) is 53.8 Å². The standard InChI is InChI=1S/C23H30FN3O6S/c1-6-25-23(29)16(2)26(14-17-7-9-18(24)10-8-17)22(28)15-27(34(5,30)31)20-13-19(32-3)11-12-21(20)33-4/h7-13,16H,6,14-15H2,1-5H3,(H,25,29). The quantitative estimate of drug-likeness (QED) is 0.512. The molecule has 2 amide bonds. The van der Waals surface area contributed by atoms with E-state index < -0.39 is 40.2 Å². The van der Waals surface area contributed by atoms with Crippen LogP contribution in [0.25, 0.3) is 0 Å². The topological polar surface area (TPSA) is 105 Å². The van der Waals surface area contributed by atoms with E-state index in [9.17, 15) is 22.4 Å². The lowest BCUT2D eigenvalue weighted by Crippen LogP contribution is -2.51. The maximum absolute atomic E-state index is 13.4. The summed E-state index contributed by atoms with van der Waals surface area (Å²) in [6.07, 6.45) is 0.969. The number of likely N-dealkylation sites (N-methyl/N-ethyl adjacent to an activating group) is 1. The molecule has 2 aromatic carbocycles. The van der Waals surface area contributed by atoms with Gasteiger partial charge in [-0.3, -0.25) is 13.9 Å². The number of nitrogens with zero attached hydrogens (tertiary/aromatic N) is 2. The highest BCUT2D eigenvalue weighted by Gasteiger charge is 2.31. The van der Waals surface area contributed by atoms with Gasteiger partial charge in [0.2, 0.25) is 21.8 Å². The number of amides is 2. The minimum atomic E-state index is -3.94. The number of sulfonamides is 1. The van der Waals surface area contributed by atoms with Crippen LogP contribution in [0.5, 0.6) is 11.5 Å². The third kappa shape index (κ3) is 6.83. The molecule has 0 spiro atoms. The molecule has 0 aliphatic heterocycles. The summed E-state index contributed by atoms with van der Waals surface area (Å²) < 4.78 is 50.2. The molecular formula is C23H30FN3O6S. The van der Waals surface area contributed by atoms with Crippen molar-refractivity contribution in [2.24, 2.45) is 0 Å². The van der Waals surface area contributed by atoms with E-state index in [0.717, 1.165) is 10.6 Å². The van der Waals surface area contributed by atoms with Gasteiger partial charge in [-0.15, -0.1) is 0 Å². The van der Waals surface area contributed by atoms with Crippen LogP contribution < -0.4 is 19.1 Å². The van der Waals surface area contributed by atoms with Crippen molar-refractivity contribution >= 4 is 27.5 Å². The van der Waals surface area contributed by atoms with E-state index in [2.05, 4.69) is 5.32 Å². The molecule has 1 unspecified atom stereocenters. The second kappa shape index (κ2) is 11.7. The third-order valence-electron chi connectivity index (χ3n) is 5.12. The summed E-state index contributed by atoms with van der Waals surface area (Å²) in [5.41, 5.74) is 0.695. The zero-order valence-corrected chi connectivity index (χ0v) is 20.7. The lowest BCUT2D eigenvalue weighted by Gasteiger charge is -2.31. The Morgan fingerprint density at radius 2 is 1.74 bits per heavy atom. The summed E-state index contributed by atoms with van der Waals surface area (Å²) in [4.78, 5) is 27.2. The second-order valence-electron chi connectivity index (χ2n) is 7.53. The Morgan fingerprint density at radius 1 is 1.09 bits per heavy atom. The van der Waals surface area contributed by atoms with Gasteiger partial charge in [0, 0.05) is 19.2 Å². The SMILES string of the molecule is CCNC(=O)C(C)N(Cc1ccc(F)cc1)C(=O)CN(c1cc(OC)ccc1OC)S(C)(=O)=O. The molecule has 0 heterocycles. The molecular weight excluding hydrogens is 465 g/mol. The van der Waals surface area contributed by atoms with E-state index >= 15 is 0 Å². The summed E-state index contributed by atoms with van der Waals surface area (Å²) >= 11 is 0. The zero-order chi connectivity index (χ0) is 25.5. The van der Waals surface area contributed by atoms with E-state index in [-0.39, 0.29) is 18.0 Å². The van der Waals surface area contributed by atoms with Gasteiger partial charge in [0.05, 0.1) is 26.2 Å². The number of rotatable bonds is 11. The fraction of sp³-hybridized carbons (Fsp3) is 0.391. The first-order valence-electron chi connectivity index (χ1n) is 10.5. The van der Waals surface area contributed by atoms with Crippen molar-refractivity contribution in [3.8, 4) is 11.5 Å². The Bertz CT molecular complexity index is 1110. The molecule has 0 aliphatic carbocycles. The lowest BCUT2D eigenvalue weighted by molar-refractivity contribution is -0.139. The molecule has 0 bridgehead atoms. The summed E-state index contributed by atoms with van der Waals surface area (Å²) in [6, 6.07) is 9.17. The molecule has 0 radical (unpaired) electrons. The maximum atomic E-state index is 13.4. The first kappa shape index (κ1) is 26.9. The first-order valence-corrected chi connectivity index (χ1v) is 12.4. The first-order chi connectivity index (χ1) is 16.0. The number of methoxy groups -OCH3 is 2. The van der Waals surface area contributed by atoms with Crippen LogP contribution in [0.15, 0.2) is 42.5 Å². The molecule has 2 rings (SSSR count). The molecule has 34 heavy (non-hydrogen) atoms. The average molecular weight is 496 g/mol. The van der Waals surface area contributed by atoms with Crippen molar-refractivity contribution in [2.45, 2.75) is 26.4 Å². The van der Waals surface area contributed by atoms with Gasteiger partial charge in [-0.2, -0.15) is 0 Å². The predicted molar refractivity (Wildman–Crippen MR) is 127 cm³/mol. The van der Waals surface area contributed by atoms with Gasteiger partial charge in [0.15, 0.2) is 0 Å². The van der Waals surface area contributed by atoms with E-state index in [0.29, 0.717) is 17.9 Å². The minimum absolute atomic E-state index is 0.0235. The van der Waals surface area contributed by atoms with Gasteiger partial charge in [-0.1, -0.05) is 12.1 Å². The highest BCUT2D eigenvalue weighted by Crippen LogP contribution is 2.34. The molecule has 1 N–H and O–H groups in total. The van der Waals surface area contributed by atoms with Crippen LogP contribution in [0.4, 0.5) is 10.1 Å². The fourth-order valence-corrected chi connectivity index (χ4v) is 4.12. The number of halogens is 1. The van der Waals surface area contributed by atoms with Gasteiger partial charge < -0.3 is 19.7 Å². The van der Waals surface area contributed by atoms with Crippen LogP contribution in [-0.4, -0.2) is 64.7 Å². The van der Waals surface area contributed by atoms with Gasteiger partial charge in [-0.25, -0.2) is 12.8 Å². The van der Waals surface area contributed by atoms with Crippen molar-refractivity contribution in [1.29, 1.82) is 0 Å². The molecule has 1 atom stereocenters. The third-order valence-corrected chi connectivity index (χ3v) is 6.24. The van der Waals surface area contributed by atoms with Crippen LogP contribution in [-0.2, 0) is 26.2 Å². The second-order valence-corrected chi connectivity index (χ2v) is 9.43. The van der Waals surface area contributed by atoms with Gasteiger partial charge >= 0.3 is 0 Å². The number of carbonyl (C=O) groups excluding carboxylic acids is 2. The summed E-state index contributed by atoms with van der Waals surface area (Å²) in [6.45, 7) is 3.04. The molecule has 0 saturated heterocycles. The summed E-state index contributed by atoms with van der Waals surface area (Å²) in [5.74, 6) is -0.871. The van der Waals surface area contributed by atoms with Crippen LogP contribution in [0.2, 0.25) is 0 Å². The summed E-state index contributed by atoms with van der Waals surface area (Å²) in [7, 11) is -1.13. The number of hydrogen-bond donors (Lipinski definition) is 1.